The molecule has 106 valence electrons. The van der Waals surface area contributed by atoms with E-state index in [1.165, 1.54) is 0 Å². The van der Waals surface area contributed by atoms with Crippen LogP contribution in [0.1, 0.15) is 42.6 Å². The Balaban J connectivity index is 2.47. The van der Waals surface area contributed by atoms with Gasteiger partial charge < -0.3 is 10.0 Å². The van der Waals surface area contributed by atoms with Crippen molar-refractivity contribution in [1.82, 2.24) is 4.98 Å². The molecule has 1 N–H and O–H groups in total. The number of pyridine rings is 1. The number of carboxylic acids is 1. The second-order valence-electron chi connectivity index (χ2n) is 5.31. The molecule has 5 heteroatoms. The van der Waals surface area contributed by atoms with Gasteiger partial charge in [-0.05, 0) is 32.8 Å². The van der Waals surface area contributed by atoms with Crippen LogP contribution < -0.4 is 4.90 Å². The summed E-state index contributed by atoms with van der Waals surface area (Å²) in [5.41, 5.74) is 2.68. The van der Waals surface area contributed by atoms with E-state index in [0.717, 1.165) is 31.4 Å². The highest BCUT2D eigenvalue weighted by Gasteiger charge is 2.27. The Morgan fingerprint density at radius 1 is 1.50 bits per heavy atom. The fourth-order valence-corrected chi connectivity index (χ4v) is 2.95. The maximum Gasteiger partial charge on any atom is 0.323 e. The zero-order valence-corrected chi connectivity index (χ0v) is 11.9. The van der Waals surface area contributed by atoms with Crippen LogP contribution in [-0.4, -0.2) is 28.6 Å². The number of rotatable bonds is 4. The first-order valence-corrected chi connectivity index (χ1v) is 6.89. The highest BCUT2D eigenvalue weighted by atomic mass is 16.4. The van der Waals surface area contributed by atoms with Gasteiger partial charge in [0.25, 0.3) is 0 Å². The van der Waals surface area contributed by atoms with Crippen LogP contribution in [0, 0.1) is 25.2 Å². The molecule has 0 spiro atoms. The van der Waals surface area contributed by atoms with Crippen LogP contribution in [0.15, 0.2) is 6.07 Å². The zero-order valence-electron chi connectivity index (χ0n) is 11.9. The number of nitrogens with zero attached hydrogens (tertiary/aromatic N) is 3. The molecule has 1 aliphatic carbocycles. The van der Waals surface area contributed by atoms with E-state index in [2.05, 4.69) is 11.1 Å². The molecule has 0 aliphatic heterocycles. The van der Waals surface area contributed by atoms with Gasteiger partial charge in [-0.1, -0.05) is 12.8 Å². The minimum Gasteiger partial charge on any atom is -0.480 e. The first kappa shape index (κ1) is 14.3. The fourth-order valence-electron chi connectivity index (χ4n) is 2.95. The average molecular weight is 273 g/mol. The largest absolute Gasteiger partial charge is 0.480 e. The second-order valence-corrected chi connectivity index (χ2v) is 5.31. The number of carboxylic acid groups (broad SMARTS) is 1. The Morgan fingerprint density at radius 2 is 2.15 bits per heavy atom. The van der Waals surface area contributed by atoms with Gasteiger partial charge in [0.1, 0.15) is 12.6 Å². The third kappa shape index (κ3) is 2.90. The molecule has 1 saturated carbocycles. The lowest BCUT2D eigenvalue weighted by molar-refractivity contribution is -0.135. The summed E-state index contributed by atoms with van der Waals surface area (Å²) >= 11 is 0. The number of anilines is 1. The van der Waals surface area contributed by atoms with Crippen LogP contribution >= 0.6 is 0 Å². The predicted molar refractivity (Wildman–Crippen MR) is 75.7 cm³/mol. The van der Waals surface area contributed by atoms with Crippen molar-refractivity contribution in [3.05, 3.63) is 23.0 Å². The quantitative estimate of drug-likeness (QED) is 0.911. The molecule has 5 nitrogen and oxygen atoms in total. The van der Waals surface area contributed by atoms with E-state index >= 15 is 0 Å². The van der Waals surface area contributed by atoms with E-state index in [9.17, 15) is 10.1 Å². The number of aliphatic carboxylic acids is 1. The minimum absolute atomic E-state index is 0.0672. The second kappa shape index (κ2) is 5.91. The summed E-state index contributed by atoms with van der Waals surface area (Å²) < 4.78 is 0. The van der Waals surface area contributed by atoms with Crippen molar-refractivity contribution < 1.29 is 9.90 Å². The third-order valence-corrected chi connectivity index (χ3v) is 3.80. The molecule has 0 bridgehead atoms. The molecule has 0 aromatic carbocycles. The van der Waals surface area contributed by atoms with Gasteiger partial charge in [-0.2, -0.15) is 5.26 Å². The monoisotopic (exact) mass is 273 g/mol. The molecule has 20 heavy (non-hydrogen) atoms. The van der Waals surface area contributed by atoms with Gasteiger partial charge in [0.2, 0.25) is 0 Å². The molecule has 1 heterocycles. The van der Waals surface area contributed by atoms with Gasteiger partial charge in [0.15, 0.2) is 0 Å². The Labute approximate surface area is 118 Å². The first-order valence-electron chi connectivity index (χ1n) is 6.89. The van der Waals surface area contributed by atoms with E-state index in [0.29, 0.717) is 16.9 Å². The van der Waals surface area contributed by atoms with Crippen molar-refractivity contribution in [3.8, 4) is 6.07 Å². The topological polar surface area (TPSA) is 77.2 Å². The summed E-state index contributed by atoms with van der Waals surface area (Å²) in [7, 11) is 0. The number of carbonyl (C=O) groups is 1. The number of hydrogen-bond acceptors (Lipinski definition) is 4. The van der Waals surface area contributed by atoms with Crippen LogP contribution in [0.3, 0.4) is 0 Å². The van der Waals surface area contributed by atoms with E-state index in [1.54, 1.807) is 6.92 Å². The molecule has 0 unspecified atom stereocenters. The molecule has 0 amide bonds. The van der Waals surface area contributed by atoms with Crippen molar-refractivity contribution in [2.45, 2.75) is 45.6 Å². The maximum atomic E-state index is 11.2. The number of hydrogen-bond donors (Lipinski definition) is 1. The maximum absolute atomic E-state index is 11.2. The molecule has 0 saturated heterocycles. The standard InChI is InChI=1S/C15H19N3O2/c1-10-7-14(13(8-16)11(2)17-10)18(9-15(19)20)12-5-3-4-6-12/h7,12H,3-6,9H2,1-2H3,(H,19,20). The molecular formula is C15H19N3O2. The normalized spacial score (nSPS) is 15.1. The van der Waals surface area contributed by atoms with Crippen molar-refractivity contribution >= 4 is 11.7 Å². The Morgan fingerprint density at radius 3 is 2.70 bits per heavy atom. The lowest BCUT2D eigenvalue weighted by atomic mass is 10.1. The highest BCUT2D eigenvalue weighted by Crippen LogP contribution is 2.31. The fraction of sp³-hybridized carbons (Fsp3) is 0.533. The molecule has 1 fully saturated rings. The van der Waals surface area contributed by atoms with Gasteiger partial charge in [-0.15, -0.1) is 0 Å². The summed E-state index contributed by atoms with van der Waals surface area (Å²) in [6, 6.07) is 4.21. The van der Waals surface area contributed by atoms with Crippen molar-refractivity contribution in [1.29, 1.82) is 5.26 Å². The van der Waals surface area contributed by atoms with Gasteiger partial charge in [-0.25, -0.2) is 0 Å². The van der Waals surface area contributed by atoms with E-state index in [1.807, 2.05) is 17.9 Å². The smallest absolute Gasteiger partial charge is 0.323 e. The van der Waals surface area contributed by atoms with Gasteiger partial charge in [0, 0.05) is 11.7 Å². The molecule has 0 radical (unpaired) electrons. The predicted octanol–water partition coefficient (Wildman–Crippen LogP) is 2.40. The van der Waals surface area contributed by atoms with Crippen molar-refractivity contribution in [2.75, 3.05) is 11.4 Å². The number of nitriles is 1. The van der Waals surface area contributed by atoms with Crippen LogP contribution in [-0.2, 0) is 4.79 Å². The number of aromatic nitrogens is 1. The summed E-state index contributed by atoms with van der Waals surface area (Å²) in [4.78, 5) is 17.3. The summed E-state index contributed by atoms with van der Waals surface area (Å²) in [6.45, 7) is 3.59. The summed E-state index contributed by atoms with van der Waals surface area (Å²) in [5, 5.41) is 18.5. The van der Waals surface area contributed by atoms with Crippen molar-refractivity contribution in [2.24, 2.45) is 0 Å². The van der Waals surface area contributed by atoms with E-state index in [-0.39, 0.29) is 12.6 Å². The van der Waals surface area contributed by atoms with Gasteiger partial charge in [0.05, 0.1) is 16.9 Å². The number of aryl methyl sites for hydroxylation is 2. The third-order valence-electron chi connectivity index (χ3n) is 3.80. The van der Waals surface area contributed by atoms with E-state index < -0.39 is 5.97 Å². The van der Waals surface area contributed by atoms with Crippen LogP contribution in [0.4, 0.5) is 5.69 Å². The lowest BCUT2D eigenvalue weighted by Gasteiger charge is -2.30. The molecule has 2 rings (SSSR count). The summed E-state index contributed by atoms with van der Waals surface area (Å²) in [5.74, 6) is -0.868. The van der Waals surface area contributed by atoms with E-state index in [4.69, 9.17) is 5.11 Å². The average Bonchev–Trinajstić information content (AvgIpc) is 2.88. The molecule has 1 aliphatic rings. The summed E-state index contributed by atoms with van der Waals surface area (Å²) in [6.07, 6.45) is 4.20. The Hall–Kier alpha value is -2.09. The molecule has 0 atom stereocenters. The van der Waals surface area contributed by atoms with Crippen LogP contribution in [0.5, 0.6) is 0 Å². The molecule has 1 aromatic rings. The van der Waals surface area contributed by atoms with Crippen molar-refractivity contribution in [3.63, 3.8) is 0 Å². The minimum atomic E-state index is -0.868. The lowest BCUT2D eigenvalue weighted by Crippen LogP contribution is -2.38. The first-order chi connectivity index (χ1) is 9.52. The Bertz CT molecular complexity index is 557. The van der Waals surface area contributed by atoms with Crippen LogP contribution in [0.25, 0.3) is 0 Å². The molecular weight excluding hydrogens is 254 g/mol. The SMILES string of the molecule is Cc1cc(N(CC(=O)O)C2CCCC2)c(C#N)c(C)n1. The highest BCUT2D eigenvalue weighted by molar-refractivity contribution is 5.76. The Kier molecular flexibility index (Phi) is 4.23. The molecule has 1 aromatic heterocycles. The van der Waals surface area contributed by atoms with Crippen LogP contribution in [0.2, 0.25) is 0 Å². The van der Waals surface area contributed by atoms with Gasteiger partial charge >= 0.3 is 5.97 Å². The zero-order chi connectivity index (χ0) is 14.7. The van der Waals surface area contributed by atoms with Gasteiger partial charge in [-0.3, -0.25) is 9.78 Å².